The molecule has 0 bridgehead atoms. The number of nitrogens with zero attached hydrogens (tertiary/aromatic N) is 1. The molecule has 1 saturated heterocycles. The van der Waals surface area contributed by atoms with Crippen LogP contribution in [0.25, 0.3) is 11.0 Å². The molecule has 0 radical (unpaired) electrons. The molecule has 1 aromatic heterocycles. The third-order valence-corrected chi connectivity index (χ3v) is 3.48. The summed E-state index contributed by atoms with van der Waals surface area (Å²) >= 11 is 0. The lowest BCUT2D eigenvalue weighted by Gasteiger charge is -2.27. The van der Waals surface area contributed by atoms with E-state index < -0.39 is 0 Å². The van der Waals surface area contributed by atoms with Crippen LogP contribution in [0.4, 0.5) is 5.69 Å². The number of nitrogens with one attached hydrogen (secondary N) is 4. The van der Waals surface area contributed by atoms with Crippen molar-refractivity contribution >= 4 is 16.7 Å². The second-order valence-electron chi connectivity index (χ2n) is 4.86. The molecule has 1 aromatic carbocycles. The first-order chi connectivity index (χ1) is 9.31. The lowest BCUT2D eigenvalue weighted by molar-refractivity contribution is 0.249. The van der Waals surface area contributed by atoms with E-state index in [1.165, 1.54) is 0 Å². The summed E-state index contributed by atoms with van der Waals surface area (Å²) in [6, 6.07) is 5.87. The van der Waals surface area contributed by atoms with Gasteiger partial charge in [0.05, 0.1) is 11.0 Å². The minimum atomic E-state index is -0.159. The predicted octanol–water partition coefficient (Wildman–Crippen LogP) is 0.173. The monoisotopic (exact) mass is 261 g/mol. The second kappa shape index (κ2) is 5.46. The van der Waals surface area contributed by atoms with E-state index in [1.807, 2.05) is 18.2 Å². The van der Waals surface area contributed by atoms with E-state index in [9.17, 15) is 4.79 Å². The molecule has 3 rings (SSSR count). The van der Waals surface area contributed by atoms with Gasteiger partial charge in [-0.25, -0.2) is 4.79 Å². The van der Waals surface area contributed by atoms with Crippen molar-refractivity contribution in [3.63, 3.8) is 0 Å². The molecule has 2 heterocycles. The summed E-state index contributed by atoms with van der Waals surface area (Å²) in [4.78, 5) is 19.1. The van der Waals surface area contributed by atoms with Crippen molar-refractivity contribution in [2.24, 2.45) is 0 Å². The second-order valence-corrected chi connectivity index (χ2v) is 4.86. The average Bonchev–Trinajstić information content (AvgIpc) is 2.79. The summed E-state index contributed by atoms with van der Waals surface area (Å²) in [5, 5.41) is 6.74. The molecular formula is C13H19N5O. The lowest BCUT2D eigenvalue weighted by atomic mass is 10.2. The van der Waals surface area contributed by atoms with Crippen LogP contribution in [0.3, 0.4) is 0 Å². The van der Waals surface area contributed by atoms with Crippen LogP contribution in [0.5, 0.6) is 0 Å². The molecule has 0 atom stereocenters. The van der Waals surface area contributed by atoms with Crippen LogP contribution in [0.1, 0.15) is 0 Å². The van der Waals surface area contributed by atoms with E-state index in [0.29, 0.717) is 0 Å². The highest BCUT2D eigenvalue weighted by Gasteiger charge is 2.08. The van der Waals surface area contributed by atoms with Gasteiger partial charge < -0.3 is 20.6 Å². The summed E-state index contributed by atoms with van der Waals surface area (Å²) < 4.78 is 0. The normalized spacial score (nSPS) is 16.8. The van der Waals surface area contributed by atoms with Gasteiger partial charge in [-0.05, 0) is 18.2 Å². The summed E-state index contributed by atoms with van der Waals surface area (Å²) in [6.45, 7) is 6.36. The molecule has 19 heavy (non-hydrogen) atoms. The van der Waals surface area contributed by atoms with Gasteiger partial charge >= 0.3 is 5.69 Å². The van der Waals surface area contributed by atoms with Crippen LogP contribution in [-0.2, 0) is 0 Å². The lowest BCUT2D eigenvalue weighted by Crippen LogP contribution is -2.45. The first kappa shape index (κ1) is 12.3. The Morgan fingerprint density at radius 1 is 1.16 bits per heavy atom. The van der Waals surface area contributed by atoms with Crippen LogP contribution in [-0.4, -0.2) is 54.1 Å². The summed E-state index contributed by atoms with van der Waals surface area (Å²) in [5.41, 5.74) is 2.57. The number of hydrogen-bond donors (Lipinski definition) is 4. The van der Waals surface area contributed by atoms with Crippen molar-refractivity contribution < 1.29 is 0 Å². The maximum atomic E-state index is 11.2. The van der Waals surface area contributed by atoms with E-state index in [0.717, 1.165) is 56.0 Å². The van der Waals surface area contributed by atoms with Gasteiger partial charge in [-0.1, -0.05) is 0 Å². The molecule has 0 aliphatic carbocycles. The van der Waals surface area contributed by atoms with Gasteiger partial charge in [-0.15, -0.1) is 0 Å². The number of H-pyrrole nitrogens is 2. The number of aromatic amines is 2. The highest BCUT2D eigenvalue weighted by atomic mass is 16.1. The van der Waals surface area contributed by atoms with Crippen LogP contribution >= 0.6 is 0 Å². The number of hydrogen-bond acceptors (Lipinski definition) is 4. The third-order valence-electron chi connectivity index (χ3n) is 3.48. The van der Waals surface area contributed by atoms with Crippen LogP contribution in [0.15, 0.2) is 23.0 Å². The van der Waals surface area contributed by atoms with Crippen molar-refractivity contribution in [2.75, 3.05) is 44.6 Å². The first-order valence-electron chi connectivity index (χ1n) is 6.70. The molecule has 0 saturated carbocycles. The molecule has 102 valence electrons. The largest absolute Gasteiger partial charge is 0.384 e. The molecule has 1 aliphatic rings. The molecule has 6 nitrogen and oxygen atoms in total. The number of benzene rings is 1. The van der Waals surface area contributed by atoms with Gasteiger partial charge in [0.2, 0.25) is 0 Å². The van der Waals surface area contributed by atoms with Crippen molar-refractivity contribution in [3.8, 4) is 0 Å². The molecular weight excluding hydrogens is 242 g/mol. The third kappa shape index (κ3) is 2.97. The van der Waals surface area contributed by atoms with Gasteiger partial charge in [0.1, 0.15) is 0 Å². The molecule has 0 amide bonds. The van der Waals surface area contributed by atoms with Crippen molar-refractivity contribution in [1.29, 1.82) is 0 Å². The zero-order valence-electron chi connectivity index (χ0n) is 10.8. The Hall–Kier alpha value is -1.79. The van der Waals surface area contributed by atoms with Crippen molar-refractivity contribution in [3.05, 3.63) is 28.7 Å². The number of anilines is 1. The number of imidazole rings is 1. The van der Waals surface area contributed by atoms with Gasteiger partial charge in [0.15, 0.2) is 0 Å². The highest BCUT2D eigenvalue weighted by Crippen LogP contribution is 2.14. The molecule has 1 aliphatic heterocycles. The van der Waals surface area contributed by atoms with Crippen LogP contribution < -0.4 is 16.3 Å². The zero-order chi connectivity index (χ0) is 13.1. The Balaban J connectivity index is 1.57. The van der Waals surface area contributed by atoms with E-state index >= 15 is 0 Å². The quantitative estimate of drug-likeness (QED) is 0.633. The van der Waals surface area contributed by atoms with Gasteiger partial charge in [0, 0.05) is 45.0 Å². The molecule has 2 aromatic rings. The molecule has 1 fully saturated rings. The maximum Gasteiger partial charge on any atom is 0.323 e. The fraction of sp³-hybridized carbons (Fsp3) is 0.462. The van der Waals surface area contributed by atoms with Crippen molar-refractivity contribution in [2.45, 2.75) is 0 Å². The average molecular weight is 261 g/mol. The smallest absolute Gasteiger partial charge is 0.323 e. The van der Waals surface area contributed by atoms with Gasteiger partial charge in [-0.3, -0.25) is 4.90 Å². The first-order valence-corrected chi connectivity index (χ1v) is 6.70. The van der Waals surface area contributed by atoms with E-state index in [2.05, 4.69) is 25.5 Å². The Kier molecular flexibility index (Phi) is 3.52. The summed E-state index contributed by atoms with van der Waals surface area (Å²) in [5.74, 6) is 0. The fourth-order valence-electron chi connectivity index (χ4n) is 2.44. The summed E-state index contributed by atoms with van der Waals surface area (Å²) in [6.07, 6.45) is 0. The van der Waals surface area contributed by atoms with E-state index in [-0.39, 0.29) is 5.69 Å². The number of aromatic nitrogens is 2. The minimum Gasteiger partial charge on any atom is -0.384 e. The predicted molar refractivity (Wildman–Crippen MR) is 76.7 cm³/mol. The van der Waals surface area contributed by atoms with E-state index in [1.54, 1.807) is 0 Å². The summed E-state index contributed by atoms with van der Waals surface area (Å²) in [7, 11) is 0. The maximum absolute atomic E-state index is 11.2. The van der Waals surface area contributed by atoms with E-state index in [4.69, 9.17) is 0 Å². The molecule has 6 heteroatoms. The molecule has 0 unspecified atom stereocenters. The number of piperazine rings is 1. The highest BCUT2D eigenvalue weighted by molar-refractivity contribution is 5.78. The zero-order valence-corrected chi connectivity index (χ0v) is 10.8. The SMILES string of the molecule is O=c1[nH]c2ccc(NCCN3CCNCC3)cc2[nH]1. The Labute approximate surface area is 111 Å². The number of rotatable bonds is 4. The Morgan fingerprint density at radius 3 is 2.79 bits per heavy atom. The van der Waals surface area contributed by atoms with Gasteiger partial charge in [0.25, 0.3) is 0 Å². The standard InChI is InChI=1S/C13H19N5O/c19-13-16-11-2-1-10(9-12(11)17-13)15-5-8-18-6-3-14-4-7-18/h1-2,9,14-15H,3-8H2,(H2,16,17,19). The van der Waals surface area contributed by atoms with Crippen LogP contribution in [0, 0.1) is 0 Å². The Morgan fingerprint density at radius 2 is 1.95 bits per heavy atom. The fourth-order valence-corrected chi connectivity index (χ4v) is 2.44. The molecule has 0 spiro atoms. The van der Waals surface area contributed by atoms with Gasteiger partial charge in [-0.2, -0.15) is 0 Å². The van der Waals surface area contributed by atoms with Crippen LogP contribution in [0.2, 0.25) is 0 Å². The number of fused-ring (bicyclic) bond motifs is 1. The molecule has 4 N–H and O–H groups in total. The Bertz CT molecular complexity index is 596. The topological polar surface area (TPSA) is 76.0 Å². The van der Waals surface area contributed by atoms with Crippen molar-refractivity contribution in [1.82, 2.24) is 20.2 Å². The minimum absolute atomic E-state index is 0.159.